The highest BCUT2D eigenvalue weighted by atomic mass is 35.5. The third kappa shape index (κ3) is 2.99. The molecule has 2 atom stereocenters. The summed E-state index contributed by atoms with van der Waals surface area (Å²) in [5.41, 5.74) is 1.06. The van der Waals surface area contributed by atoms with Crippen molar-refractivity contribution in [3.63, 3.8) is 0 Å². The van der Waals surface area contributed by atoms with E-state index >= 15 is 0 Å². The average Bonchev–Trinajstić information content (AvgIpc) is 2.35. The number of amides is 1. The Bertz CT molecular complexity index is 467. The minimum Gasteiger partial charge on any atom is -0.361 e. The van der Waals surface area contributed by atoms with E-state index in [1.165, 1.54) is 0 Å². The number of β-lactam (4-membered cyclic amide) rings is 1. The molecule has 110 valence electrons. The molecule has 0 saturated carbocycles. The zero-order valence-corrected chi connectivity index (χ0v) is 13.2. The van der Waals surface area contributed by atoms with Crippen LogP contribution in [0.4, 0.5) is 0 Å². The van der Waals surface area contributed by atoms with E-state index in [4.69, 9.17) is 16.3 Å². The molecule has 2 rings (SSSR count). The Morgan fingerprint density at radius 2 is 1.90 bits per heavy atom. The van der Waals surface area contributed by atoms with Crippen molar-refractivity contribution < 1.29 is 9.53 Å². The largest absolute Gasteiger partial charge is 0.361 e. The lowest BCUT2D eigenvalue weighted by Gasteiger charge is -2.53. The predicted molar refractivity (Wildman–Crippen MR) is 80.7 cm³/mol. The van der Waals surface area contributed by atoms with Gasteiger partial charge in [0.1, 0.15) is 0 Å². The van der Waals surface area contributed by atoms with Crippen molar-refractivity contribution in [1.29, 1.82) is 0 Å². The Balaban J connectivity index is 2.05. The van der Waals surface area contributed by atoms with Gasteiger partial charge in [-0.3, -0.25) is 4.79 Å². The summed E-state index contributed by atoms with van der Waals surface area (Å²) in [7, 11) is 0. The fourth-order valence-electron chi connectivity index (χ4n) is 2.67. The van der Waals surface area contributed by atoms with E-state index in [0.29, 0.717) is 6.61 Å². The Morgan fingerprint density at radius 3 is 2.40 bits per heavy atom. The van der Waals surface area contributed by atoms with Crippen LogP contribution in [0.15, 0.2) is 30.3 Å². The Labute approximate surface area is 125 Å². The lowest BCUT2D eigenvalue weighted by molar-refractivity contribution is -0.182. The van der Waals surface area contributed by atoms with Crippen molar-refractivity contribution in [1.82, 2.24) is 4.90 Å². The van der Waals surface area contributed by atoms with Crippen molar-refractivity contribution in [2.45, 2.75) is 57.4 Å². The molecule has 0 aliphatic carbocycles. The average molecular weight is 296 g/mol. The normalized spacial score (nSPS) is 23.1. The van der Waals surface area contributed by atoms with Gasteiger partial charge in [-0.25, -0.2) is 0 Å². The Morgan fingerprint density at radius 1 is 1.30 bits per heavy atom. The number of ether oxygens (including phenoxy) is 1. The molecule has 0 aromatic heterocycles. The van der Waals surface area contributed by atoms with Crippen molar-refractivity contribution in [2.75, 3.05) is 0 Å². The Kier molecular flexibility index (Phi) is 4.40. The molecule has 1 aromatic rings. The van der Waals surface area contributed by atoms with Crippen molar-refractivity contribution in [2.24, 2.45) is 0 Å². The van der Waals surface area contributed by atoms with Gasteiger partial charge in [-0.1, -0.05) is 30.3 Å². The molecular weight excluding hydrogens is 274 g/mol. The number of likely N-dealkylation sites (tertiary alicyclic amines) is 1. The summed E-state index contributed by atoms with van der Waals surface area (Å²) in [6.07, 6.45) is -0.440. The molecule has 1 saturated heterocycles. The first-order chi connectivity index (χ1) is 9.32. The molecule has 0 spiro atoms. The van der Waals surface area contributed by atoms with E-state index in [1.54, 1.807) is 0 Å². The van der Waals surface area contributed by atoms with Gasteiger partial charge in [0.15, 0.2) is 6.10 Å². The summed E-state index contributed by atoms with van der Waals surface area (Å²) >= 11 is 6.44. The summed E-state index contributed by atoms with van der Waals surface area (Å²) < 4.78 is 5.82. The number of halogens is 1. The van der Waals surface area contributed by atoms with Gasteiger partial charge in [0.2, 0.25) is 0 Å². The van der Waals surface area contributed by atoms with E-state index in [1.807, 2.05) is 62.9 Å². The van der Waals surface area contributed by atoms with Crippen LogP contribution in [0.1, 0.15) is 33.3 Å². The van der Waals surface area contributed by atoms with Gasteiger partial charge in [-0.2, -0.15) is 0 Å². The standard InChI is InChI=1S/C16H22ClNO2/c1-11(2)18-14(16(3,4)17)13(15(18)19)20-10-12-8-6-5-7-9-12/h5-9,11,13-14H,10H2,1-4H3/t13-,14-/m0/s1. The van der Waals surface area contributed by atoms with Crippen LogP contribution in [0.25, 0.3) is 0 Å². The molecule has 1 aliphatic rings. The highest BCUT2D eigenvalue weighted by molar-refractivity contribution is 6.24. The monoisotopic (exact) mass is 295 g/mol. The Hall–Kier alpha value is -1.06. The summed E-state index contributed by atoms with van der Waals surface area (Å²) in [6, 6.07) is 9.93. The number of alkyl halides is 1. The maximum absolute atomic E-state index is 12.2. The highest BCUT2D eigenvalue weighted by Crippen LogP contribution is 2.37. The molecule has 0 radical (unpaired) electrons. The number of carbonyl (C=O) groups excluding carboxylic acids is 1. The zero-order chi connectivity index (χ0) is 14.9. The predicted octanol–water partition coefficient (Wildman–Crippen LogP) is 3.21. The number of nitrogens with zero attached hydrogens (tertiary/aromatic N) is 1. The van der Waals surface area contributed by atoms with Crippen LogP contribution in [0, 0.1) is 0 Å². The molecule has 1 heterocycles. The second-order valence-corrected chi connectivity index (χ2v) is 7.04. The molecule has 1 aliphatic heterocycles. The molecule has 1 fully saturated rings. The molecule has 1 aromatic carbocycles. The molecular formula is C16H22ClNO2. The number of benzene rings is 1. The van der Waals surface area contributed by atoms with Crippen LogP contribution in [0.2, 0.25) is 0 Å². The van der Waals surface area contributed by atoms with Gasteiger partial charge in [-0.05, 0) is 33.3 Å². The highest BCUT2D eigenvalue weighted by Gasteiger charge is 2.55. The number of rotatable bonds is 5. The molecule has 20 heavy (non-hydrogen) atoms. The summed E-state index contributed by atoms with van der Waals surface area (Å²) in [5, 5.41) is 0. The molecule has 4 heteroatoms. The van der Waals surface area contributed by atoms with Crippen LogP contribution in [-0.2, 0) is 16.1 Å². The molecule has 0 N–H and O–H groups in total. The second-order valence-electron chi connectivity index (χ2n) is 6.07. The number of carbonyl (C=O) groups is 1. The SMILES string of the molecule is CC(C)N1C(=O)[C@@H](OCc2ccccc2)[C@H]1C(C)(C)Cl. The van der Waals surface area contributed by atoms with Gasteiger partial charge >= 0.3 is 0 Å². The zero-order valence-electron chi connectivity index (χ0n) is 12.5. The first-order valence-corrected chi connectivity index (χ1v) is 7.37. The van der Waals surface area contributed by atoms with Gasteiger partial charge in [0.05, 0.1) is 17.5 Å². The van der Waals surface area contributed by atoms with Crippen molar-refractivity contribution in [3.8, 4) is 0 Å². The van der Waals surface area contributed by atoms with E-state index < -0.39 is 11.0 Å². The minimum absolute atomic E-state index is 0.0367. The summed E-state index contributed by atoms with van der Waals surface area (Å²) in [6.45, 7) is 8.30. The lowest BCUT2D eigenvalue weighted by atomic mass is 9.86. The third-order valence-corrected chi connectivity index (χ3v) is 3.84. The van der Waals surface area contributed by atoms with Crippen molar-refractivity contribution >= 4 is 17.5 Å². The van der Waals surface area contributed by atoms with E-state index in [2.05, 4.69) is 0 Å². The lowest BCUT2D eigenvalue weighted by Crippen LogP contribution is -2.72. The fraction of sp³-hybridized carbons (Fsp3) is 0.562. The van der Waals surface area contributed by atoms with Gasteiger partial charge < -0.3 is 9.64 Å². The van der Waals surface area contributed by atoms with Crippen LogP contribution < -0.4 is 0 Å². The number of hydrogen-bond donors (Lipinski definition) is 0. The van der Waals surface area contributed by atoms with Crippen LogP contribution in [-0.4, -0.2) is 33.9 Å². The smallest absolute Gasteiger partial charge is 0.254 e. The second kappa shape index (κ2) is 5.74. The van der Waals surface area contributed by atoms with E-state index in [9.17, 15) is 4.79 Å². The van der Waals surface area contributed by atoms with E-state index in [0.717, 1.165) is 5.56 Å². The van der Waals surface area contributed by atoms with Gasteiger partial charge in [0.25, 0.3) is 5.91 Å². The first kappa shape index (κ1) is 15.3. The quantitative estimate of drug-likeness (QED) is 0.617. The van der Waals surface area contributed by atoms with Gasteiger partial charge in [0, 0.05) is 6.04 Å². The fourth-order valence-corrected chi connectivity index (χ4v) is 2.89. The van der Waals surface area contributed by atoms with Crippen LogP contribution in [0.3, 0.4) is 0 Å². The topological polar surface area (TPSA) is 29.5 Å². The summed E-state index contributed by atoms with van der Waals surface area (Å²) in [5.74, 6) is 0.0367. The van der Waals surface area contributed by atoms with Gasteiger partial charge in [-0.15, -0.1) is 11.6 Å². The first-order valence-electron chi connectivity index (χ1n) is 6.99. The van der Waals surface area contributed by atoms with E-state index in [-0.39, 0.29) is 18.0 Å². The molecule has 0 bridgehead atoms. The van der Waals surface area contributed by atoms with Crippen molar-refractivity contribution in [3.05, 3.63) is 35.9 Å². The molecule has 3 nitrogen and oxygen atoms in total. The third-order valence-electron chi connectivity index (χ3n) is 3.62. The minimum atomic E-state index is -0.500. The van der Waals surface area contributed by atoms with Crippen LogP contribution in [0.5, 0.6) is 0 Å². The number of hydrogen-bond acceptors (Lipinski definition) is 2. The molecule has 1 amide bonds. The summed E-state index contributed by atoms with van der Waals surface area (Å²) in [4.78, 5) is 13.5. The maximum Gasteiger partial charge on any atom is 0.254 e. The molecule has 0 unspecified atom stereocenters. The van der Waals surface area contributed by atoms with Crippen LogP contribution >= 0.6 is 11.6 Å². The maximum atomic E-state index is 12.2.